The van der Waals surface area contributed by atoms with Crippen molar-refractivity contribution in [1.82, 2.24) is 4.98 Å². The Morgan fingerprint density at radius 3 is 2.34 bits per heavy atom. The van der Waals surface area contributed by atoms with E-state index in [0.29, 0.717) is 22.6 Å². The number of rotatable bonds is 8. The molecule has 1 unspecified atom stereocenters. The Morgan fingerprint density at radius 2 is 1.76 bits per heavy atom. The van der Waals surface area contributed by atoms with Crippen molar-refractivity contribution in [2.24, 2.45) is 0 Å². The van der Waals surface area contributed by atoms with Gasteiger partial charge in [-0.25, -0.2) is 9.59 Å². The number of ether oxygens (including phenoxy) is 4. The quantitative estimate of drug-likeness (QED) is 0.533. The highest BCUT2D eigenvalue weighted by Gasteiger charge is 2.28. The highest BCUT2D eigenvalue weighted by Crippen LogP contribution is 2.31. The molecule has 156 valence electrons. The summed E-state index contributed by atoms with van der Waals surface area (Å²) in [4.78, 5) is 40.5. The number of nitrogens with one attached hydrogen (secondary N) is 1. The summed E-state index contributed by atoms with van der Waals surface area (Å²) in [6.45, 7) is 6.71. The Morgan fingerprint density at radius 1 is 1.07 bits per heavy atom. The molecule has 2 aromatic rings. The van der Waals surface area contributed by atoms with Gasteiger partial charge >= 0.3 is 11.9 Å². The molecule has 8 nitrogen and oxygen atoms in total. The third-order valence-electron chi connectivity index (χ3n) is 4.44. The first-order valence-corrected chi connectivity index (χ1v) is 9.09. The molecule has 0 saturated carbocycles. The molecule has 1 aromatic heterocycles. The van der Waals surface area contributed by atoms with E-state index < -0.39 is 23.8 Å². The molecule has 0 spiro atoms. The van der Waals surface area contributed by atoms with E-state index in [0.717, 1.165) is 0 Å². The summed E-state index contributed by atoms with van der Waals surface area (Å²) in [6.07, 6.45) is -1.09. The molecule has 0 aliphatic rings. The summed E-state index contributed by atoms with van der Waals surface area (Å²) in [6, 6.07) is 4.78. The number of Topliss-reactive ketones (excluding diaryl/α,β-unsaturated/α-hetero) is 1. The first-order chi connectivity index (χ1) is 13.8. The molecule has 2 rings (SSSR count). The van der Waals surface area contributed by atoms with E-state index >= 15 is 0 Å². The van der Waals surface area contributed by atoms with Crippen molar-refractivity contribution >= 4 is 17.7 Å². The van der Waals surface area contributed by atoms with Crippen LogP contribution in [-0.4, -0.2) is 49.6 Å². The van der Waals surface area contributed by atoms with Crippen LogP contribution in [0.25, 0.3) is 0 Å². The fourth-order valence-electron chi connectivity index (χ4n) is 3.03. The van der Waals surface area contributed by atoms with Crippen molar-refractivity contribution in [3.63, 3.8) is 0 Å². The molecule has 0 bridgehead atoms. The molecule has 0 aliphatic carbocycles. The van der Waals surface area contributed by atoms with Crippen LogP contribution < -0.4 is 9.47 Å². The summed E-state index contributed by atoms with van der Waals surface area (Å²) in [7, 11) is 2.86. The maximum absolute atomic E-state index is 12.8. The van der Waals surface area contributed by atoms with Crippen LogP contribution in [0.2, 0.25) is 0 Å². The third kappa shape index (κ3) is 4.42. The molecule has 0 aliphatic heterocycles. The Hall–Kier alpha value is -3.29. The number of esters is 2. The number of carbonyl (C=O) groups is 3. The second-order valence-electron chi connectivity index (χ2n) is 6.30. The summed E-state index contributed by atoms with van der Waals surface area (Å²) in [5, 5.41) is 0. The van der Waals surface area contributed by atoms with E-state index in [9.17, 15) is 14.4 Å². The molecule has 29 heavy (non-hydrogen) atoms. The van der Waals surface area contributed by atoms with Crippen LogP contribution in [0.15, 0.2) is 18.2 Å². The lowest BCUT2D eigenvalue weighted by molar-refractivity contribution is 0.0313. The Balaban J connectivity index is 2.25. The minimum absolute atomic E-state index is 0.137. The maximum atomic E-state index is 12.8. The number of para-hydroxylation sites is 1. The lowest BCUT2D eigenvalue weighted by Crippen LogP contribution is -2.25. The number of aryl methyl sites for hydroxylation is 1. The summed E-state index contributed by atoms with van der Waals surface area (Å²) >= 11 is 0. The van der Waals surface area contributed by atoms with Gasteiger partial charge in [-0.3, -0.25) is 4.79 Å². The zero-order valence-corrected chi connectivity index (χ0v) is 17.4. The predicted molar refractivity (Wildman–Crippen MR) is 105 cm³/mol. The molecule has 1 atom stereocenters. The monoisotopic (exact) mass is 403 g/mol. The largest absolute Gasteiger partial charge is 0.493 e. The molecule has 1 aromatic carbocycles. The highest BCUT2D eigenvalue weighted by molar-refractivity contribution is 6.05. The second-order valence-corrected chi connectivity index (χ2v) is 6.30. The van der Waals surface area contributed by atoms with Gasteiger partial charge in [-0.1, -0.05) is 6.07 Å². The number of benzene rings is 1. The van der Waals surface area contributed by atoms with Crippen LogP contribution in [-0.2, 0) is 9.47 Å². The number of H-pyrrole nitrogens is 1. The van der Waals surface area contributed by atoms with Crippen LogP contribution >= 0.6 is 0 Å². The van der Waals surface area contributed by atoms with Gasteiger partial charge in [-0.2, -0.15) is 0 Å². The number of aromatic nitrogens is 1. The number of hydrogen-bond acceptors (Lipinski definition) is 7. The molecule has 1 heterocycles. The minimum atomic E-state index is -1.09. The van der Waals surface area contributed by atoms with Crippen LogP contribution in [0.3, 0.4) is 0 Å². The van der Waals surface area contributed by atoms with Crippen molar-refractivity contribution in [3.8, 4) is 11.5 Å². The Bertz CT molecular complexity index is 929. The van der Waals surface area contributed by atoms with Gasteiger partial charge in [0, 0.05) is 5.69 Å². The lowest BCUT2D eigenvalue weighted by Gasteiger charge is -2.15. The fourth-order valence-corrected chi connectivity index (χ4v) is 3.03. The van der Waals surface area contributed by atoms with E-state index in [1.165, 1.54) is 27.2 Å². The van der Waals surface area contributed by atoms with Gasteiger partial charge in [0.15, 0.2) is 17.6 Å². The highest BCUT2D eigenvalue weighted by atomic mass is 16.6. The first kappa shape index (κ1) is 22.0. The topological polar surface area (TPSA) is 104 Å². The van der Waals surface area contributed by atoms with Crippen molar-refractivity contribution in [2.45, 2.75) is 33.8 Å². The third-order valence-corrected chi connectivity index (χ3v) is 4.44. The van der Waals surface area contributed by atoms with Crippen molar-refractivity contribution in [2.75, 3.05) is 20.8 Å². The lowest BCUT2D eigenvalue weighted by atomic mass is 10.1. The van der Waals surface area contributed by atoms with Gasteiger partial charge in [0.05, 0.1) is 32.1 Å². The van der Waals surface area contributed by atoms with Crippen LogP contribution in [0.1, 0.15) is 56.3 Å². The minimum Gasteiger partial charge on any atom is -0.493 e. The van der Waals surface area contributed by atoms with E-state index in [4.69, 9.17) is 18.9 Å². The summed E-state index contributed by atoms with van der Waals surface area (Å²) in [5.41, 5.74) is 1.61. The number of ketones is 1. The van der Waals surface area contributed by atoms with Crippen LogP contribution in [0.5, 0.6) is 11.5 Å². The molecular weight excluding hydrogens is 378 g/mol. The molecular formula is C21H25NO7. The molecule has 0 radical (unpaired) electrons. The van der Waals surface area contributed by atoms with Gasteiger partial charge in [0.2, 0.25) is 5.78 Å². The number of methoxy groups -OCH3 is 2. The van der Waals surface area contributed by atoms with E-state index in [-0.39, 0.29) is 23.6 Å². The molecule has 0 amide bonds. The van der Waals surface area contributed by atoms with Gasteiger partial charge in [0.1, 0.15) is 5.56 Å². The van der Waals surface area contributed by atoms with Crippen LogP contribution in [0, 0.1) is 13.8 Å². The standard InChI is InChI=1S/C21H25NO7/c1-7-28-21(25)16-11(2)17(22-12(16)3)18(23)13(4)29-20(24)14-9-8-10-15(26-5)19(14)27-6/h8-10,13,22H,7H2,1-6H3. The fraction of sp³-hybridized carbons (Fsp3) is 0.381. The van der Waals surface area contributed by atoms with Crippen molar-refractivity contribution in [1.29, 1.82) is 0 Å². The van der Waals surface area contributed by atoms with Crippen LogP contribution in [0.4, 0.5) is 0 Å². The first-order valence-electron chi connectivity index (χ1n) is 9.09. The predicted octanol–water partition coefficient (Wildman–Crippen LogP) is 3.25. The number of aromatic amines is 1. The number of hydrogen-bond donors (Lipinski definition) is 1. The van der Waals surface area contributed by atoms with Crippen molar-refractivity contribution < 1.29 is 33.3 Å². The normalized spacial score (nSPS) is 11.5. The SMILES string of the molecule is CCOC(=O)c1c(C)[nH]c(C(=O)C(C)OC(=O)c2cccc(OC)c2OC)c1C. The average molecular weight is 403 g/mol. The summed E-state index contributed by atoms with van der Waals surface area (Å²) in [5.74, 6) is -1.11. The van der Waals surface area contributed by atoms with Gasteiger partial charge < -0.3 is 23.9 Å². The van der Waals surface area contributed by atoms with Gasteiger partial charge in [-0.05, 0) is 45.4 Å². The molecule has 8 heteroatoms. The van der Waals surface area contributed by atoms with Gasteiger partial charge in [-0.15, -0.1) is 0 Å². The zero-order chi connectivity index (χ0) is 21.7. The van der Waals surface area contributed by atoms with E-state index in [1.54, 1.807) is 32.9 Å². The Labute approximate surface area is 169 Å². The smallest absolute Gasteiger partial charge is 0.342 e. The maximum Gasteiger partial charge on any atom is 0.342 e. The van der Waals surface area contributed by atoms with E-state index in [2.05, 4.69) is 4.98 Å². The average Bonchev–Trinajstić information content (AvgIpc) is 3.00. The Kier molecular flexibility index (Phi) is 7.03. The summed E-state index contributed by atoms with van der Waals surface area (Å²) < 4.78 is 20.8. The second kappa shape index (κ2) is 9.27. The van der Waals surface area contributed by atoms with Gasteiger partial charge in [0.25, 0.3) is 0 Å². The zero-order valence-electron chi connectivity index (χ0n) is 17.4. The van der Waals surface area contributed by atoms with E-state index in [1.807, 2.05) is 0 Å². The molecule has 0 fully saturated rings. The molecule has 0 saturated heterocycles. The number of carbonyl (C=O) groups excluding carboxylic acids is 3. The van der Waals surface area contributed by atoms with Crippen molar-refractivity contribution in [3.05, 3.63) is 46.3 Å². The molecule has 1 N–H and O–H groups in total.